The number of aromatic carboxylic acids is 1. The molecule has 2 N–H and O–H groups in total. The van der Waals surface area contributed by atoms with Gasteiger partial charge < -0.3 is 9.84 Å². The summed E-state index contributed by atoms with van der Waals surface area (Å²) in [4.78, 5) is 22.1. The van der Waals surface area contributed by atoms with Gasteiger partial charge in [0.1, 0.15) is 12.4 Å². The number of carboxylic acid groups (broad SMARTS) is 1. The van der Waals surface area contributed by atoms with Crippen LogP contribution in [0.1, 0.15) is 16.1 Å². The van der Waals surface area contributed by atoms with E-state index < -0.39 is 12.1 Å². The summed E-state index contributed by atoms with van der Waals surface area (Å²) in [6.07, 6.45) is 0.742. The predicted octanol–water partition coefficient (Wildman–Crippen LogP) is 1.16. The van der Waals surface area contributed by atoms with Gasteiger partial charge in [-0.15, -0.1) is 0 Å². The number of carbonyl (C=O) groups is 2. The minimum Gasteiger partial charge on any atom is -0.476 e. The number of hydrogen-bond donors (Lipinski definition) is 2. The van der Waals surface area contributed by atoms with Crippen molar-refractivity contribution in [3.63, 3.8) is 0 Å². The lowest BCUT2D eigenvalue weighted by molar-refractivity contribution is 0.0688. The van der Waals surface area contributed by atoms with E-state index in [9.17, 15) is 9.59 Å². The molecular formula is C10H13N3O4. The number of rotatable bonds is 4. The lowest BCUT2D eigenvalue weighted by atomic mass is 10.2. The first-order valence-electron chi connectivity index (χ1n) is 4.79. The number of carboxylic acids is 1. The van der Waals surface area contributed by atoms with Crippen LogP contribution >= 0.6 is 0 Å². The van der Waals surface area contributed by atoms with Crippen LogP contribution in [0.25, 0.3) is 0 Å². The molecule has 0 aliphatic rings. The van der Waals surface area contributed by atoms with Crippen molar-refractivity contribution < 1.29 is 19.4 Å². The maximum Gasteiger partial charge on any atom is 0.413 e. The molecule has 0 fully saturated rings. The molecule has 7 heteroatoms. The van der Waals surface area contributed by atoms with Crippen molar-refractivity contribution in [3.05, 3.63) is 23.9 Å². The molecule has 0 aliphatic heterocycles. The number of aromatic nitrogens is 2. The molecule has 0 aliphatic carbocycles. The molecule has 7 nitrogen and oxygen atoms in total. The molecule has 1 amide bonds. The van der Waals surface area contributed by atoms with Crippen molar-refractivity contribution in [1.82, 2.24) is 9.78 Å². The summed E-state index contributed by atoms with van der Waals surface area (Å²) >= 11 is 0. The molecule has 1 aromatic rings. The van der Waals surface area contributed by atoms with Crippen molar-refractivity contribution >= 4 is 17.9 Å². The highest BCUT2D eigenvalue weighted by Gasteiger charge is 2.19. The van der Waals surface area contributed by atoms with Gasteiger partial charge in [0.25, 0.3) is 0 Å². The fraction of sp³-hybridized carbons (Fsp3) is 0.300. The second-order valence-corrected chi connectivity index (χ2v) is 3.26. The van der Waals surface area contributed by atoms with Crippen molar-refractivity contribution in [2.45, 2.75) is 6.92 Å². The Labute approximate surface area is 97.7 Å². The first-order valence-corrected chi connectivity index (χ1v) is 4.79. The van der Waals surface area contributed by atoms with Crippen LogP contribution < -0.4 is 5.32 Å². The summed E-state index contributed by atoms with van der Waals surface area (Å²) in [6.45, 7) is 5.03. The van der Waals surface area contributed by atoms with E-state index >= 15 is 0 Å². The monoisotopic (exact) mass is 239 g/mol. The fourth-order valence-electron chi connectivity index (χ4n) is 1.28. The Balaban J connectivity index is 2.88. The maximum atomic E-state index is 11.3. The lowest BCUT2D eigenvalue weighted by Gasteiger charge is -2.06. The standard InChI is InChI=1S/C10H13N3O4/c1-4-5-17-10(16)11-8-6(2)7(9(14)15)12-13(8)3/h4H,1,5H2,2-3H3,(H,11,16)(H,14,15). The molecule has 0 spiro atoms. The summed E-state index contributed by atoms with van der Waals surface area (Å²) in [7, 11) is 1.53. The van der Waals surface area contributed by atoms with Crippen LogP contribution in [-0.2, 0) is 11.8 Å². The number of aryl methyl sites for hydroxylation is 1. The molecule has 17 heavy (non-hydrogen) atoms. The van der Waals surface area contributed by atoms with E-state index in [1.54, 1.807) is 6.92 Å². The smallest absolute Gasteiger partial charge is 0.413 e. The Bertz CT molecular complexity index is 464. The van der Waals surface area contributed by atoms with Crippen molar-refractivity contribution in [3.8, 4) is 0 Å². The van der Waals surface area contributed by atoms with E-state index in [2.05, 4.69) is 17.0 Å². The summed E-state index contributed by atoms with van der Waals surface area (Å²) in [5, 5.41) is 15.0. The highest BCUT2D eigenvalue weighted by molar-refractivity contribution is 5.91. The number of nitrogens with zero attached hydrogens (tertiary/aromatic N) is 2. The van der Waals surface area contributed by atoms with Gasteiger partial charge in [0.05, 0.1) is 0 Å². The van der Waals surface area contributed by atoms with Crippen LogP contribution in [-0.4, -0.2) is 33.6 Å². The molecule has 0 bridgehead atoms. The molecule has 0 radical (unpaired) electrons. The van der Waals surface area contributed by atoms with E-state index in [1.165, 1.54) is 17.8 Å². The number of ether oxygens (including phenoxy) is 1. The average Bonchev–Trinajstić information content (AvgIpc) is 2.54. The van der Waals surface area contributed by atoms with Crippen LogP contribution in [0.2, 0.25) is 0 Å². The highest BCUT2D eigenvalue weighted by Crippen LogP contribution is 2.17. The highest BCUT2D eigenvalue weighted by atomic mass is 16.5. The predicted molar refractivity (Wildman–Crippen MR) is 60.1 cm³/mol. The Kier molecular flexibility index (Phi) is 3.86. The zero-order chi connectivity index (χ0) is 13.0. The van der Waals surface area contributed by atoms with Crippen molar-refractivity contribution in [1.29, 1.82) is 0 Å². The van der Waals surface area contributed by atoms with Gasteiger partial charge in [-0.05, 0) is 6.92 Å². The van der Waals surface area contributed by atoms with Crippen LogP contribution in [0.4, 0.5) is 10.6 Å². The van der Waals surface area contributed by atoms with Gasteiger partial charge in [0, 0.05) is 12.6 Å². The summed E-state index contributed by atoms with van der Waals surface area (Å²) in [5.74, 6) is -0.859. The minimum absolute atomic E-state index is 0.0779. The van der Waals surface area contributed by atoms with E-state index in [1.807, 2.05) is 0 Å². The lowest BCUT2D eigenvalue weighted by Crippen LogP contribution is -2.16. The Hall–Kier alpha value is -2.31. The number of carbonyl (C=O) groups excluding carboxylic acids is 1. The van der Waals surface area contributed by atoms with Crippen LogP contribution in [0.15, 0.2) is 12.7 Å². The largest absolute Gasteiger partial charge is 0.476 e. The van der Waals surface area contributed by atoms with Gasteiger partial charge in [-0.3, -0.25) is 10.00 Å². The van der Waals surface area contributed by atoms with Crippen molar-refractivity contribution in [2.24, 2.45) is 7.05 Å². The number of anilines is 1. The molecule has 0 atom stereocenters. The molecule has 0 saturated heterocycles. The Morgan fingerprint density at radius 2 is 2.29 bits per heavy atom. The summed E-state index contributed by atoms with van der Waals surface area (Å²) < 4.78 is 5.99. The zero-order valence-corrected chi connectivity index (χ0v) is 9.56. The fourth-order valence-corrected chi connectivity index (χ4v) is 1.28. The Morgan fingerprint density at radius 1 is 1.65 bits per heavy atom. The number of hydrogen-bond acceptors (Lipinski definition) is 4. The Morgan fingerprint density at radius 3 is 2.76 bits per heavy atom. The molecule has 1 heterocycles. The molecule has 92 valence electrons. The van der Waals surface area contributed by atoms with E-state index in [0.29, 0.717) is 5.56 Å². The molecule has 0 saturated carbocycles. The second-order valence-electron chi connectivity index (χ2n) is 3.26. The molecule has 1 aromatic heterocycles. The van der Waals surface area contributed by atoms with Gasteiger partial charge in [-0.1, -0.05) is 12.7 Å². The first kappa shape index (κ1) is 12.8. The quantitative estimate of drug-likeness (QED) is 0.769. The van der Waals surface area contributed by atoms with Crippen LogP contribution in [0.3, 0.4) is 0 Å². The third-order valence-electron chi connectivity index (χ3n) is 2.04. The van der Waals surface area contributed by atoms with Gasteiger partial charge in [0.2, 0.25) is 0 Å². The molecular weight excluding hydrogens is 226 g/mol. The van der Waals surface area contributed by atoms with Gasteiger partial charge in [-0.25, -0.2) is 9.59 Å². The van der Waals surface area contributed by atoms with Gasteiger partial charge in [-0.2, -0.15) is 5.10 Å². The third kappa shape index (κ3) is 2.83. The third-order valence-corrected chi connectivity index (χ3v) is 2.04. The molecule has 0 aromatic carbocycles. The SMILES string of the molecule is C=CCOC(=O)Nc1c(C)c(C(=O)O)nn1C. The van der Waals surface area contributed by atoms with Crippen molar-refractivity contribution in [2.75, 3.05) is 11.9 Å². The average molecular weight is 239 g/mol. The maximum absolute atomic E-state index is 11.3. The van der Waals surface area contributed by atoms with Gasteiger partial charge >= 0.3 is 12.1 Å². The summed E-state index contributed by atoms with van der Waals surface area (Å²) in [6, 6.07) is 0. The molecule has 1 rings (SSSR count). The van der Waals surface area contributed by atoms with Gasteiger partial charge in [0.15, 0.2) is 5.69 Å². The molecule has 0 unspecified atom stereocenters. The zero-order valence-electron chi connectivity index (χ0n) is 9.56. The minimum atomic E-state index is -1.15. The van der Waals surface area contributed by atoms with Crippen LogP contribution in [0, 0.1) is 6.92 Å². The number of amides is 1. The first-order chi connectivity index (χ1) is 7.97. The summed E-state index contributed by atoms with van der Waals surface area (Å²) in [5.41, 5.74) is 0.266. The number of nitrogens with one attached hydrogen (secondary N) is 1. The van der Waals surface area contributed by atoms with E-state index in [-0.39, 0.29) is 18.1 Å². The second kappa shape index (κ2) is 5.15. The normalized spacial score (nSPS) is 9.76. The van der Waals surface area contributed by atoms with E-state index in [4.69, 9.17) is 9.84 Å². The van der Waals surface area contributed by atoms with Crippen LogP contribution in [0.5, 0.6) is 0 Å². The topological polar surface area (TPSA) is 93.4 Å². The van der Waals surface area contributed by atoms with E-state index in [0.717, 1.165) is 0 Å².